The molecule has 1 rings (SSSR count). The molecule has 0 aromatic heterocycles. The van der Waals surface area contributed by atoms with Crippen molar-refractivity contribution in [2.45, 2.75) is 26.1 Å². The number of ether oxygens (including phenoxy) is 1. The van der Waals surface area contributed by atoms with Crippen molar-refractivity contribution in [2.24, 2.45) is 0 Å². The SMILES string of the molecule is C[C@H](F)CC#CCOCc1ccccc1. The van der Waals surface area contributed by atoms with Gasteiger partial charge in [-0.25, -0.2) is 4.39 Å². The minimum atomic E-state index is -0.855. The smallest absolute Gasteiger partial charge is 0.108 e. The van der Waals surface area contributed by atoms with Crippen LogP contribution in [0, 0.1) is 11.8 Å². The number of hydrogen-bond donors (Lipinski definition) is 0. The molecule has 0 heterocycles. The molecule has 0 N–H and O–H groups in total. The van der Waals surface area contributed by atoms with Crippen molar-refractivity contribution in [3.63, 3.8) is 0 Å². The minimum Gasteiger partial charge on any atom is -0.364 e. The third-order valence-electron chi connectivity index (χ3n) is 1.79. The Morgan fingerprint density at radius 3 is 2.67 bits per heavy atom. The van der Waals surface area contributed by atoms with Crippen LogP contribution in [-0.4, -0.2) is 12.8 Å². The first-order valence-electron chi connectivity index (χ1n) is 5.00. The van der Waals surface area contributed by atoms with Gasteiger partial charge in [0.25, 0.3) is 0 Å². The second-order valence-electron chi connectivity index (χ2n) is 3.32. The van der Waals surface area contributed by atoms with E-state index in [1.165, 1.54) is 6.92 Å². The average molecular weight is 206 g/mol. The highest BCUT2D eigenvalue weighted by atomic mass is 19.1. The monoisotopic (exact) mass is 206 g/mol. The van der Waals surface area contributed by atoms with E-state index in [1.807, 2.05) is 30.3 Å². The third kappa shape index (κ3) is 5.87. The Hall–Kier alpha value is -1.33. The van der Waals surface area contributed by atoms with E-state index in [0.717, 1.165) is 5.56 Å². The van der Waals surface area contributed by atoms with Gasteiger partial charge in [-0.05, 0) is 12.5 Å². The van der Waals surface area contributed by atoms with Crippen LogP contribution >= 0.6 is 0 Å². The molecule has 0 unspecified atom stereocenters. The van der Waals surface area contributed by atoms with E-state index in [-0.39, 0.29) is 6.42 Å². The average Bonchev–Trinajstić information content (AvgIpc) is 2.24. The van der Waals surface area contributed by atoms with Crippen molar-refractivity contribution in [3.05, 3.63) is 35.9 Å². The van der Waals surface area contributed by atoms with E-state index in [4.69, 9.17) is 4.74 Å². The summed E-state index contributed by atoms with van der Waals surface area (Å²) in [5, 5.41) is 0. The highest BCUT2D eigenvalue weighted by Crippen LogP contribution is 1.99. The predicted octanol–water partition coefficient (Wildman–Crippen LogP) is 2.95. The number of benzene rings is 1. The Morgan fingerprint density at radius 2 is 2.00 bits per heavy atom. The molecular formula is C13H15FO. The third-order valence-corrected chi connectivity index (χ3v) is 1.79. The topological polar surface area (TPSA) is 9.23 Å². The quantitative estimate of drug-likeness (QED) is 0.543. The van der Waals surface area contributed by atoms with Crippen molar-refractivity contribution >= 4 is 0 Å². The van der Waals surface area contributed by atoms with Crippen LogP contribution in [-0.2, 0) is 11.3 Å². The Labute approximate surface area is 90.3 Å². The van der Waals surface area contributed by atoms with E-state index in [2.05, 4.69) is 11.8 Å². The summed E-state index contributed by atoms with van der Waals surface area (Å²) in [6, 6.07) is 9.89. The van der Waals surface area contributed by atoms with E-state index in [9.17, 15) is 4.39 Å². The van der Waals surface area contributed by atoms with Crippen molar-refractivity contribution in [1.82, 2.24) is 0 Å². The molecule has 0 amide bonds. The van der Waals surface area contributed by atoms with Gasteiger partial charge in [-0.3, -0.25) is 0 Å². The zero-order valence-corrected chi connectivity index (χ0v) is 8.87. The Morgan fingerprint density at radius 1 is 1.27 bits per heavy atom. The van der Waals surface area contributed by atoms with Crippen LogP contribution in [0.2, 0.25) is 0 Å². The van der Waals surface area contributed by atoms with Crippen LogP contribution in [0.25, 0.3) is 0 Å². The minimum absolute atomic E-state index is 0.286. The molecule has 0 radical (unpaired) electrons. The molecule has 1 nitrogen and oxygen atoms in total. The number of rotatable bonds is 4. The molecule has 0 aliphatic rings. The van der Waals surface area contributed by atoms with Crippen LogP contribution in [0.1, 0.15) is 18.9 Å². The summed E-state index contributed by atoms with van der Waals surface area (Å²) in [6.07, 6.45) is -0.569. The van der Waals surface area contributed by atoms with Gasteiger partial charge in [-0.15, -0.1) is 0 Å². The van der Waals surface area contributed by atoms with Crippen molar-refractivity contribution < 1.29 is 9.13 Å². The van der Waals surface area contributed by atoms with Gasteiger partial charge in [0.05, 0.1) is 6.61 Å². The van der Waals surface area contributed by atoms with Crippen molar-refractivity contribution in [1.29, 1.82) is 0 Å². The molecule has 80 valence electrons. The fraction of sp³-hybridized carbons (Fsp3) is 0.385. The van der Waals surface area contributed by atoms with Gasteiger partial charge in [0, 0.05) is 6.42 Å². The van der Waals surface area contributed by atoms with Gasteiger partial charge >= 0.3 is 0 Å². The summed E-state index contributed by atoms with van der Waals surface area (Å²) >= 11 is 0. The van der Waals surface area contributed by atoms with E-state index in [1.54, 1.807) is 0 Å². The van der Waals surface area contributed by atoms with Crippen LogP contribution in [0.3, 0.4) is 0 Å². The fourth-order valence-corrected chi connectivity index (χ4v) is 1.06. The molecule has 2 heteroatoms. The zero-order chi connectivity index (χ0) is 10.9. The molecule has 0 saturated heterocycles. The molecule has 0 aliphatic heterocycles. The highest BCUT2D eigenvalue weighted by Gasteiger charge is 1.91. The van der Waals surface area contributed by atoms with Gasteiger partial charge in [-0.1, -0.05) is 42.2 Å². The van der Waals surface area contributed by atoms with E-state index in [0.29, 0.717) is 13.2 Å². The summed E-state index contributed by atoms with van der Waals surface area (Å²) in [5.74, 6) is 5.50. The Bertz CT molecular complexity index is 321. The Balaban J connectivity index is 2.14. The molecule has 0 bridgehead atoms. The lowest BCUT2D eigenvalue weighted by atomic mass is 10.2. The molecule has 0 saturated carbocycles. The van der Waals surface area contributed by atoms with Gasteiger partial charge in [0.2, 0.25) is 0 Å². The predicted molar refractivity (Wildman–Crippen MR) is 59.1 cm³/mol. The first-order valence-corrected chi connectivity index (χ1v) is 5.00. The summed E-state index contributed by atoms with van der Waals surface area (Å²) in [4.78, 5) is 0. The molecular weight excluding hydrogens is 191 g/mol. The standard InChI is InChI=1S/C13H15FO/c1-12(14)7-5-6-10-15-11-13-8-3-2-4-9-13/h2-4,8-9,12H,7,10-11H2,1H3/t12-/m0/s1. The van der Waals surface area contributed by atoms with Gasteiger partial charge in [0.15, 0.2) is 0 Å². The molecule has 0 fully saturated rings. The van der Waals surface area contributed by atoms with Gasteiger partial charge in [0.1, 0.15) is 12.8 Å². The lowest BCUT2D eigenvalue weighted by molar-refractivity contribution is 0.153. The summed E-state index contributed by atoms with van der Waals surface area (Å²) in [5.41, 5.74) is 1.12. The number of halogens is 1. The summed E-state index contributed by atoms with van der Waals surface area (Å²) in [6.45, 7) is 2.42. The molecule has 1 atom stereocenters. The molecule has 1 aromatic carbocycles. The maximum Gasteiger partial charge on any atom is 0.108 e. The molecule has 15 heavy (non-hydrogen) atoms. The fourth-order valence-electron chi connectivity index (χ4n) is 1.06. The van der Waals surface area contributed by atoms with Crippen molar-refractivity contribution in [2.75, 3.05) is 6.61 Å². The van der Waals surface area contributed by atoms with Gasteiger partial charge in [-0.2, -0.15) is 0 Å². The Kier molecular flexibility index (Phi) is 5.50. The van der Waals surface area contributed by atoms with Crippen LogP contribution in [0.15, 0.2) is 30.3 Å². The van der Waals surface area contributed by atoms with Crippen LogP contribution < -0.4 is 0 Å². The van der Waals surface area contributed by atoms with E-state index >= 15 is 0 Å². The highest BCUT2D eigenvalue weighted by molar-refractivity contribution is 5.13. The first kappa shape index (κ1) is 11.7. The summed E-state index contributed by atoms with van der Waals surface area (Å²) in [7, 11) is 0. The summed E-state index contributed by atoms with van der Waals surface area (Å²) < 4.78 is 17.6. The lowest BCUT2D eigenvalue weighted by Crippen LogP contribution is -1.93. The van der Waals surface area contributed by atoms with Crippen LogP contribution in [0.4, 0.5) is 4.39 Å². The van der Waals surface area contributed by atoms with Crippen molar-refractivity contribution in [3.8, 4) is 11.8 Å². The van der Waals surface area contributed by atoms with E-state index < -0.39 is 6.17 Å². The number of alkyl halides is 1. The second kappa shape index (κ2) is 7.03. The second-order valence-corrected chi connectivity index (χ2v) is 3.32. The molecule has 0 aliphatic carbocycles. The van der Waals surface area contributed by atoms with Gasteiger partial charge < -0.3 is 4.74 Å². The first-order chi connectivity index (χ1) is 7.29. The molecule has 1 aromatic rings. The molecule has 0 spiro atoms. The largest absolute Gasteiger partial charge is 0.364 e. The number of hydrogen-bond acceptors (Lipinski definition) is 1. The lowest BCUT2D eigenvalue weighted by Gasteiger charge is -1.99. The van der Waals surface area contributed by atoms with Crippen LogP contribution in [0.5, 0.6) is 0 Å². The zero-order valence-electron chi connectivity index (χ0n) is 8.87. The maximum atomic E-state index is 12.3. The normalized spacial score (nSPS) is 11.6. The maximum absolute atomic E-state index is 12.3.